The number of hydrogen-bond donors (Lipinski definition) is 0. The highest BCUT2D eigenvalue weighted by atomic mass is 35.5. The molecule has 0 N–H and O–H groups in total. The number of nitrogens with zero attached hydrogens (tertiary/aromatic N) is 3. The Labute approximate surface area is 203 Å². The highest BCUT2D eigenvalue weighted by Gasteiger charge is 2.36. The average molecular weight is 476 g/mol. The summed E-state index contributed by atoms with van der Waals surface area (Å²) in [4.78, 5) is 19.8. The van der Waals surface area contributed by atoms with Crippen LogP contribution in [-0.4, -0.2) is 35.2 Å². The average Bonchev–Trinajstić information content (AvgIpc) is 3.41. The van der Waals surface area contributed by atoms with Crippen molar-refractivity contribution in [2.75, 3.05) is 24.7 Å². The van der Waals surface area contributed by atoms with Crippen LogP contribution in [0.4, 0.5) is 5.69 Å². The SMILES string of the molecule is CCOc1ccccc1N1CC(c2nc3ccccc3n2CCOc2ccccc2Cl)CC1=O. The fourth-order valence-electron chi connectivity index (χ4n) is 4.52. The van der Waals surface area contributed by atoms with Crippen molar-refractivity contribution in [1.82, 2.24) is 9.55 Å². The van der Waals surface area contributed by atoms with E-state index in [1.807, 2.05) is 78.6 Å². The van der Waals surface area contributed by atoms with Crippen molar-refractivity contribution in [1.29, 1.82) is 0 Å². The zero-order valence-electron chi connectivity index (χ0n) is 19.0. The molecule has 0 aliphatic carbocycles. The van der Waals surface area contributed by atoms with E-state index in [2.05, 4.69) is 10.6 Å². The molecule has 4 aromatic rings. The van der Waals surface area contributed by atoms with E-state index in [0.29, 0.717) is 43.5 Å². The van der Waals surface area contributed by atoms with Gasteiger partial charge in [-0.25, -0.2) is 4.98 Å². The molecule has 0 spiro atoms. The van der Waals surface area contributed by atoms with Crippen LogP contribution >= 0.6 is 11.6 Å². The topological polar surface area (TPSA) is 56.6 Å². The summed E-state index contributed by atoms with van der Waals surface area (Å²) < 4.78 is 13.9. The third-order valence-electron chi connectivity index (χ3n) is 6.04. The van der Waals surface area contributed by atoms with Gasteiger partial charge < -0.3 is 18.9 Å². The predicted molar refractivity (Wildman–Crippen MR) is 134 cm³/mol. The third-order valence-corrected chi connectivity index (χ3v) is 6.35. The molecule has 1 aromatic heterocycles. The molecule has 1 amide bonds. The summed E-state index contributed by atoms with van der Waals surface area (Å²) in [6, 6.07) is 23.2. The first-order valence-electron chi connectivity index (χ1n) is 11.5. The van der Waals surface area contributed by atoms with Crippen molar-refractivity contribution in [3.8, 4) is 11.5 Å². The van der Waals surface area contributed by atoms with Gasteiger partial charge in [-0.1, -0.05) is 48.0 Å². The van der Waals surface area contributed by atoms with Gasteiger partial charge >= 0.3 is 0 Å². The molecule has 174 valence electrons. The molecular weight excluding hydrogens is 450 g/mol. The largest absolute Gasteiger partial charge is 0.492 e. The summed E-state index contributed by atoms with van der Waals surface area (Å²) in [6.45, 7) is 4.08. The van der Waals surface area contributed by atoms with E-state index in [0.717, 1.165) is 28.3 Å². The Hall–Kier alpha value is -3.51. The van der Waals surface area contributed by atoms with Crippen LogP contribution in [0.2, 0.25) is 5.02 Å². The van der Waals surface area contributed by atoms with E-state index in [1.54, 1.807) is 0 Å². The maximum atomic E-state index is 13.1. The standard InChI is InChI=1S/C27H26ClN3O3/c1-2-33-25-14-8-6-12-23(25)31-18-19(17-26(31)32)27-29-21-10-4-5-11-22(21)30(27)15-16-34-24-13-7-3-9-20(24)28/h3-14,19H,2,15-18H2,1H3. The Morgan fingerprint density at radius 2 is 1.71 bits per heavy atom. The Bertz CT molecular complexity index is 1320. The van der Waals surface area contributed by atoms with Gasteiger partial charge in [-0.05, 0) is 43.3 Å². The number of aromatic nitrogens is 2. The summed E-state index contributed by atoms with van der Waals surface area (Å²) in [6.07, 6.45) is 0.398. The van der Waals surface area contributed by atoms with Crippen molar-refractivity contribution in [3.63, 3.8) is 0 Å². The van der Waals surface area contributed by atoms with Crippen LogP contribution in [0.1, 0.15) is 25.1 Å². The Balaban J connectivity index is 1.41. The van der Waals surface area contributed by atoms with Gasteiger partial charge in [0.2, 0.25) is 5.91 Å². The lowest BCUT2D eigenvalue weighted by Gasteiger charge is -2.20. The van der Waals surface area contributed by atoms with Crippen molar-refractivity contribution in [2.24, 2.45) is 0 Å². The number of amides is 1. The summed E-state index contributed by atoms with van der Waals surface area (Å²) in [5, 5.41) is 0.586. The Kier molecular flexibility index (Phi) is 6.41. The van der Waals surface area contributed by atoms with Crippen LogP contribution < -0.4 is 14.4 Å². The van der Waals surface area contributed by atoms with Crippen LogP contribution in [0.3, 0.4) is 0 Å². The van der Waals surface area contributed by atoms with Crippen molar-refractivity contribution < 1.29 is 14.3 Å². The molecular formula is C27H26ClN3O3. The summed E-state index contributed by atoms with van der Waals surface area (Å²) in [7, 11) is 0. The number of para-hydroxylation sites is 5. The van der Waals surface area contributed by atoms with Gasteiger partial charge in [-0.15, -0.1) is 0 Å². The molecule has 1 fully saturated rings. The predicted octanol–water partition coefficient (Wildman–Crippen LogP) is 5.69. The summed E-state index contributed by atoms with van der Waals surface area (Å²) in [5.41, 5.74) is 2.75. The number of carbonyl (C=O) groups is 1. The van der Waals surface area contributed by atoms with Gasteiger partial charge in [-0.2, -0.15) is 0 Å². The van der Waals surface area contributed by atoms with E-state index in [-0.39, 0.29) is 11.8 Å². The lowest BCUT2D eigenvalue weighted by Crippen LogP contribution is -2.25. The number of anilines is 1. The molecule has 1 saturated heterocycles. The van der Waals surface area contributed by atoms with E-state index < -0.39 is 0 Å². The summed E-state index contributed by atoms with van der Waals surface area (Å²) >= 11 is 6.24. The molecule has 0 radical (unpaired) electrons. The molecule has 7 heteroatoms. The molecule has 6 nitrogen and oxygen atoms in total. The second kappa shape index (κ2) is 9.77. The molecule has 2 heterocycles. The van der Waals surface area contributed by atoms with Gasteiger partial charge in [0.25, 0.3) is 0 Å². The number of carbonyl (C=O) groups excluding carboxylic acids is 1. The van der Waals surface area contributed by atoms with Crippen LogP contribution in [0.25, 0.3) is 11.0 Å². The Morgan fingerprint density at radius 3 is 2.53 bits per heavy atom. The van der Waals surface area contributed by atoms with Crippen LogP contribution in [0.5, 0.6) is 11.5 Å². The van der Waals surface area contributed by atoms with Crippen molar-refractivity contribution in [2.45, 2.75) is 25.8 Å². The van der Waals surface area contributed by atoms with Crippen molar-refractivity contribution in [3.05, 3.63) is 83.6 Å². The lowest BCUT2D eigenvalue weighted by molar-refractivity contribution is -0.117. The van der Waals surface area contributed by atoms with E-state index in [1.165, 1.54) is 0 Å². The smallest absolute Gasteiger partial charge is 0.227 e. The van der Waals surface area contributed by atoms with E-state index in [4.69, 9.17) is 26.1 Å². The van der Waals surface area contributed by atoms with Gasteiger partial charge in [0.05, 0.1) is 34.9 Å². The fraction of sp³-hybridized carbons (Fsp3) is 0.259. The highest BCUT2D eigenvalue weighted by molar-refractivity contribution is 6.32. The number of fused-ring (bicyclic) bond motifs is 1. The number of rotatable bonds is 8. The zero-order chi connectivity index (χ0) is 23.5. The first-order chi connectivity index (χ1) is 16.7. The first-order valence-corrected chi connectivity index (χ1v) is 11.9. The van der Waals surface area contributed by atoms with Gasteiger partial charge in [-0.3, -0.25) is 4.79 Å². The molecule has 0 saturated carbocycles. The van der Waals surface area contributed by atoms with Gasteiger partial charge in [0.1, 0.15) is 23.9 Å². The molecule has 3 aromatic carbocycles. The molecule has 1 atom stereocenters. The summed E-state index contributed by atoms with van der Waals surface area (Å²) in [5.74, 6) is 2.32. The van der Waals surface area contributed by atoms with Crippen molar-refractivity contribution >= 4 is 34.2 Å². The zero-order valence-corrected chi connectivity index (χ0v) is 19.7. The quantitative estimate of drug-likeness (QED) is 0.328. The monoisotopic (exact) mass is 475 g/mol. The minimum absolute atomic E-state index is 0.0325. The molecule has 0 bridgehead atoms. The second-order valence-electron chi connectivity index (χ2n) is 8.20. The van der Waals surface area contributed by atoms with E-state index in [9.17, 15) is 4.79 Å². The normalized spacial score (nSPS) is 15.8. The Morgan fingerprint density at radius 1 is 0.971 bits per heavy atom. The van der Waals surface area contributed by atoms with Gasteiger partial charge in [0.15, 0.2) is 0 Å². The number of halogens is 1. The number of ether oxygens (including phenoxy) is 2. The minimum atomic E-state index is -0.0325. The molecule has 1 unspecified atom stereocenters. The second-order valence-corrected chi connectivity index (χ2v) is 8.60. The maximum absolute atomic E-state index is 13.1. The number of hydrogen-bond acceptors (Lipinski definition) is 4. The van der Waals surface area contributed by atoms with Crippen LogP contribution in [0.15, 0.2) is 72.8 Å². The lowest BCUT2D eigenvalue weighted by atomic mass is 10.1. The van der Waals surface area contributed by atoms with Crippen LogP contribution in [-0.2, 0) is 11.3 Å². The number of benzene rings is 3. The van der Waals surface area contributed by atoms with E-state index >= 15 is 0 Å². The van der Waals surface area contributed by atoms with Crippen LogP contribution in [0, 0.1) is 0 Å². The van der Waals surface area contributed by atoms with Gasteiger partial charge in [0, 0.05) is 18.9 Å². The third kappa shape index (κ3) is 4.33. The number of imidazole rings is 1. The first kappa shape index (κ1) is 22.3. The maximum Gasteiger partial charge on any atom is 0.227 e. The fourth-order valence-corrected chi connectivity index (χ4v) is 4.71. The molecule has 1 aliphatic rings. The molecule has 5 rings (SSSR count). The molecule has 34 heavy (non-hydrogen) atoms. The molecule has 1 aliphatic heterocycles. The minimum Gasteiger partial charge on any atom is -0.492 e. The highest BCUT2D eigenvalue weighted by Crippen LogP contribution is 2.37.